The van der Waals surface area contributed by atoms with Crippen molar-refractivity contribution < 1.29 is 18.0 Å². The van der Waals surface area contributed by atoms with E-state index >= 15 is 0 Å². The standard InChI is InChI=1S/C19H23F3N4O2/c1-2-25(11-16-23-15-8-4-3-7-14(15)18(28)24-16)12-17(27)26-9-5-6-13(10-26)19(20,21)22/h3-4,7-8,13H,2,5-6,9-12H2,1H3,(H,23,24,28). The van der Waals surface area contributed by atoms with Gasteiger partial charge in [0.1, 0.15) is 5.82 Å². The van der Waals surface area contributed by atoms with Gasteiger partial charge in [-0.15, -0.1) is 0 Å². The van der Waals surface area contributed by atoms with E-state index in [2.05, 4.69) is 9.97 Å². The van der Waals surface area contributed by atoms with Crippen LogP contribution in [0.1, 0.15) is 25.6 Å². The summed E-state index contributed by atoms with van der Waals surface area (Å²) in [6.07, 6.45) is -3.87. The number of likely N-dealkylation sites (tertiary alicyclic amines) is 1. The highest BCUT2D eigenvalue weighted by Crippen LogP contribution is 2.33. The number of aromatic amines is 1. The number of para-hydroxylation sites is 1. The minimum Gasteiger partial charge on any atom is -0.341 e. The van der Waals surface area contributed by atoms with Crippen LogP contribution in [0.25, 0.3) is 10.9 Å². The van der Waals surface area contributed by atoms with Crippen molar-refractivity contribution in [3.63, 3.8) is 0 Å². The molecule has 3 rings (SSSR count). The number of halogens is 3. The molecule has 2 aromatic rings. The quantitative estimate of drug-likeness (QED) is 0.843. The number of piperidine rings is 1. The van der Waals surface area contributed by atoms with Crippen LogP contribution in [0, 0.1) is 5.92 Å². The average Bonchev–Trinajstić information content (AvgIpc) is 2.67. The number of hydrogen-bond donors (Lipinski definition) is 1. The Morgan fingerprint density at radius 1 is 1.36 bits per heavy atom. The van der Waals surface area contributed by atoms with Crippen LogP contribution in [0.15, 0.2) is 29.1 Å². The molecule has 1 aliphatic rings. The second-order valence-corrected chi connectivity index (χ2v) is 7.05. The molecule has 1 aromatic heterocycles. The van der Waals surface area contributed by atoms with E-state index in [1.807, 2.05) is 6.92 Å². The van der Waals surface area contributed by atoms with Crippen molar-refractivity contribution in [1.82, 2.24) is 19.8 Å². The molecule has 1 atom stereocenters. The van der Waals surface area contributed by atoms with Gasteiger partial charge in [0.25, 0.3) is 5.56 Å². The lowest BCUT2D eigenvalue weighted by atomic mass is 9.97. The Hall–Kier alpha value is -2.42. The van der Waals surface area contributed by atoms with Crippen LogP contribution in [0.5, 0.6) is 0 Å². The van der Waals surface area contributed by atoms with Crippen molar-refractivity contribution >= 4 is 16.8 Å². The summed E-state index contributed by atoms with van der Waals surface area (Å²) in [5.41, 5.74) is 0.305. The molecule has 1 saturated heterocycles. The van der Waals surface area contributed by atoms with E-state index in [1.165, 1.54) is 4.90 Å². The zero-order valence-corrected chi connectivity index (χ0v) is 15.6. The summed E-state index contributed by atoms with van der Waals surface area (Å²) in [4.78, 5) is 34.9. The van der Waals surface area contributed by atoms with Gasteiger partial charge in [0.2, 0.25) is 5.91 Å². The van der Waals surface area contributed by atoms with Gasteiger partial charge in [-0.1, -0.05) is 19.1 Å². The first kappa shape index (κ1) is 20.3. The number of hydrogen-bond acceptors (Lipinski definition) is 4. The van der Waals surface area contributed by atoms with Gasteiger partial charge in [-0.3, -0.25) is 14.5 Å². The lowest BCUT2D eigenvalue weighted by Gasteiger charge is -2.34. The molecule has 1 amide bonds. The number of alkyl halides is 3. The molecule has 1 fully saturated rings. The lowest BCUT2D eigenvalue weighted by molar-refractivity contribution is -0.188. The van der Waals surface area contributed by atoms with E-state index in [1.54, 1.807) is 29.2 Å². The molecule has 0 saturated carbocycles. The second kappa shape index (κ2) is 8.30. The maximum Gasteiger partial charge on any atom is 0.393 e. The molecular formula is C19H23F3N4O2. The molecule has 0 bridgehead atoms. The highest BCUT2D eigenvalue weighted by Gasteiger charge is 2.42. The third-order valence-corrected chi connectivity index (χ3v) is 5.08. The first-order chi connectivity index (χ1) is 13.3. The van der Waals surface area contributed by atoms with Crippen LogP contribution in [-0.2, 0) is 11.3 Å². The largest absolute Gasteiger partial charge is 0.393 e. The number of benzene rings is 1. The van der Waals surface area contributed by atoms with Gasteiger partial charge in [-0.25, -0.2) is 4.98 Å². The van der Waals surface area contributed by atoms with E-state index in [0.717, 1.165) is 0 Å². The monoisotopic (exact) mass is 396 g/mol. The van der Waals surface area contributed by atoms with E-state index in [9.17, 15) is 22.8 Å². The third kappa shape index (κ3) is 4.70. The summed E-state index contributed by atoms with van der Waals surface area (Å²) in [6, 6.07) is 6.95. The van der Waals surface area contributed by atoms with Gasteiger partial charge in [0.05, 0.1) is 29.9 Å². The number of amides is 1. The van der Waals surface area contributed by atoms with Crippen molar-refractivity contribution in [3.05, 3.63) is 40.4 Å². The molecule has 1 N–H and O–H groups in total. The summed E-state index contributed by atoms with van der Waals surface area (Å²) in [5.74, 6) is -1.37. The summed E-state index contributed by atoms with van der Waals surface area (Å²) in [5, 5.41) is 0.483. The fourth-order valence-corrected chi connectivity index (χ4v) is 3.46. The van der Waals surface area contributed by atoms with Gasteiger partial charge in [0.15, 0.2) is 0 Å². The van der Waals surface area contributed by atoms with Crippen LogP contribution in [-0.4, -0.2) is 58.0 Å². The zero-order chi connectivity index (χ0) is 20.3. The summed E-state index contributed by atoms with van der Waals surface area (Å²) < 4.78 is 38.9. The Morgan fingerprint density at radius 2 is 2.11 bits per heavy atom. The smallest absolute Gasteiger partial charge is 0.341 e. The first-order valence-corrected chi connectivity index (χ1v) is 9.32. The summed E-state index contributed by atoms with van der Waals surface area (Å²) in [6.45, 7) is 2.62. The molecule has 1 aliphatic heterocycles. The number of likely N-dealkylation sites (N-methyl/N-ethyl adjacent to an activating group) is 1. The van der Waals surface area contributed by atoms with Crippen molar-refractivity contribution in [2.75, 3.05) is 26.2 Å². The normalized spacial score (nSPS) is 18.0. The maximum atomic E-state index is 13.0. The van der Waals surface area contributed by atoms with Crippen LogP contribution in [0.4, 0.5) is 13.2 Å². The van der Waals surface area contributed by atoms with Crippen molar-refractivity contribution in [1.29, 1.82) is 0 Å². The molecular weight excluding hydrogens is 373 g/mol. The molecule has 6 nitrogen and oxygen atoms in total. The highest BCUT2D eigenvalue weighted by molar-refractivity contribution is 5.78. The fourth-order valence-electron chi connectivity index (χ4n) is 3.46. The lowest BCUT2D eigenvalue weighted by Crippen LogP contribution is -2.48. The summed E-state index contributed by atoms with van der Waals surface area (Å²) in [7, 11) is 0. The number of carbonyl (C=O) groups excluding carboxylic acids is 1. The number of H-pyrrole nitrogens is 1. The number of nitrogens with one attached hydrogen (secondary N) is 1. The number of aromatic nitrogens is 2. The number of rotatable bonds is 5. The molecule has 0 spiro atoms. The minimum absolute atomic E-state index is 0.0163. The van der Waals surface area contributed by atoms with Gasteiger partial charge in [-0.2, -0.15) is 13.2 Å². The average molecular weight is 396 g/mol. The molecule has 0 radical (unpaired) electrons. The van der Waals surface area contributed by atoms with E-state index < -0.39 is 12.1 Å². The molecule has 9 heteroatoms. The van der Waals surface area contributed by atoms with E-state index in [-0.39, 0.29) is 37.5 Å². The van der Waals surface area contributed by atoms with Gasteiger partial charge in [0, 0.05) is 13.1 Å². The van der Waals surface area contributed by atoms with Crippen LogP contribution >= 0.6 is 0 Å². The van der Waals surface area contributed by atoms with E-state index in [0.29, 0.717) is 36.2 Å². The fraction of sp³-hybridized carbons (Fsp3) is 0.526. The van der Waals surface area contributed by atoms with Crippen molar-refractivity contribution in [2.45, 2.75) is 32.5 Å². The third-order valence-electron chi connectivity index (χ3n) is 5.08. The molecule has 1 aromatic carbocycles. The molecule has 152 valence electrons. The van der Waals surface area contributed by atoms with Crippen LogP contribution in [0.2, 0.25) is 0 Å². The number of fused-ring (bicyclic) bond motifs is 1. The summed E-state index contributed by atoms with van der Waals surface area (Å²) >= 11 is 0. The zero-order valence-electron chi connectivity index (χ0n) is 15.6. The van der Waals surface area contributed by atoms with E-state index in [4.69, 9.17) is 0 Å². The minimum atomic E-state index is -4.28. The molecule has 0 aliphatic carbocycles. The Bertz CT molecular complexity index is 897. The maximum absolute atomic E-state index is 13.0. The van der Waals surface area contributed by atoms with Gasteiger partial charge < -0.3 is 9.88 Å². The molecule has 1 unspecified atom stereocenters. The number of nitrogens with zero attached hydrogens (tertiary/aromatic N) is 3. The van der Waals surface area contributed by atoms with Crippen LogP contribution in [0.3, 0.4) is 0 Å². The Morgan fingerprint density at radius 3 is 2.82 bits per heavy atom. The predicted octanol–water partition coefficient (Wildman–Crippen LogP) is 2.55. The van der Waals surface area contributed by atoms with Gasteiger partial charge >= 0.3 is 6.18 Å². The van der Waals surface area contributed by atoms with Crippen molar-refractivity contribution in [2.24, 2.45) is 5.92 Å². The van der Waals surface area contributed by atoms with Crippen LogP contribution < -0.4 is 5.56 Å². The topological polar surface area (TPSA) is 69.3 Å². The van der Waals surface area contributed by atoms with Gasteiger partial charge in [-0.05, 0) is 31.5 Å². The SMILES string of the molecule is CCN(CC(=O)N1CCCC(C(F)(F)F)C1)Cc1nc2ccccc2c(=O)[nH]1. The highest BCUT2D eigenvalue weighted by atomic mass is 19.4. The molecule has 28 heavy (non-hydrogen) atoms. The Kier molecular flexibility index (Phi) is 6.02. The number of carbonyl (C=O) groups is 1. The Labute approximate surface area is 160 Å². The second-order valence-electron chi connectivity index (χ2n) is 7.05. The predicted molar refractivity (Wildman–Crippen MR) is 98.7 cm³/mol. The Balaban J connectivity index is 1.67. The van der Waals surface area contributed by atoms with Crippen molar-refractivity contribution in [3.8, 4) is 0 Å². The first-order valence-electron chi connectivity index (χ1n) is 9.32. The molecule has 2 heterocycles.